The van der Waals surface area contributed by atoms with Crippen LogP contribution in [-0.2, 0) is 19.1 Å². The molecule has 0 aromatic heterocycles. The fourth-order valence-electron chi connectivity index (χ4n) is 1.95. The first kappa shape index (κ1) is 17.6. The van der Waals surface area contributed by atoms with Gasteiger partial charge in [0.15, 0.2) is 0 Å². The first-order valence-electron chi connectivity index (χ1n) is 6.26. The lowest BCUT2D eigenvalue weighted by molar-refractivity contribution is -0.139. The van der Waals surface area contributed by atoms with Gasteiger partial charge in [0, 0.05) is 13.2 Å². The van der Waals surface area contributed by atoms with Gasteiger partial charge >= 0.3 is 11.9 Å². The molecule has 0 aliphatic heterocycles. The Labute approximate surface area is 113 Å². The second-order valence-electron chi connectivity index (χ2n) is 4.00. The largest absolute Gasteiger partial charge is 0.481 e. The third-order valence-corrected chi connectivity index (χ3v) is 2.64. The van der Waals surface area contributed by atoms with Crippen molar-refractivity contribution in [2.45, 2.75) is 46.3 Å². The van der Waals surface area contributed by atoms with Crippen molar-refractivity contribution in [1.29, 1.82) is 0 Å². The number of carbonyl (C=O) groups is 2. The van der Waals surface area contributed by atoms with Crippen molar-refractivity contribution in [3.05, 3.63) is 11.1 Å². The van der Waals surface area contributed by atoms with Crippen molar-refractivity contribution < 1.29 is 29.3 Å². The summed E-state index contributed by atoms with van der Waals surface area (Å²) in [5.74, 6) is -2.45. The van der Waals surface area contributed by atoms with E-state index in [0.29, 0.717) is 18.8 Å². The number of rotatable bonds is 9. The average Bonchev–Trinajstić information content (AvgIpc) is 2.28. The highest BCUT2D eigenvalue weighted by atomic mass is 16.5. The number of carboxylic acid groups (broad SMARTS) is 2. The molecule has 0 aliphatic rings. The van der Waals surface area contributed by atoms with Gasteiger partial charge in [0.1, 0.15) is 0 Å². The molecule has 110 valence electrons. The van der Waals surface area contributed by atoms with Gasteiger partial charge in [0.25, 0.3) is 0 Å². The van der Waals surface area contributed by atoms with Gasteiger partial charge < -0.3 is 19.7 Å². The van der Waals surface area contributed by atoms with Crippen LogP contribution in [0.3, 0.4) is 0 Å². The minimum absolute atomic E-state index is 0.172. The van der Waals surface area contributed by atoms with Crippen LogP contribution in [0.4, 0.5) is 0 Å². The molecule has 0 saturated carbocycles. The van der Waals surface area contributed by atoms with Gasteiger partial charge in [-0.1, -0.05) is 0 Å². The minimum atomic E-state index is -1.25. The van der Waals surface area contributed by atoms with E-state index in [9.17, 15) is 14.7 Å². The van der Waals surface area contributed by atoms with Crippen LogP contribution in [0.1, 0.15) is 34.1 Å². The highest BCUT2D eigenvalue weighted by molar-refractivity contribution is 5.93. The summed E-state index contributed by atoms with van der Waals surface area (Å²) < 4.78 is 10.8. The van der Waals surface area contributed by atoms with Crippen LogP contribution in [-0.4, -0.2) is 47.6 Å². The zero-order chi connectivity index (χ0) is 15.0. The van der Waals surface area contributed by atoms with Crippen molar-refractivity contribution in [1.82, 2.24) is 0 Å². The number of ether oxygens (including phenoxy) is 2. The molecule has 0 aliphatic carbocycles. The first-order chi connectivity index (χ1) is 8.84. The molecule has 19 heavy (non-hydrogen) atoms. The molecule has 0 spiro atoms. The van der Waals surface area contributed by atoms with Crippen LogP contribution in [0, 0.1) is 0 Å². The Morgan fingerprint density at radius 2 is 1.42 bits per heavy atom. The van der Waals surface area contributed by atoms with Crippen molar-refractivity contribution in [2.75, 3.05) is 13.2 Å². The SMILES string of the molecule is CCOC(C)C(=C(CC(=O)O)C(=O)O)C(C)OCC. The molecule has 0 radical (unpaired) electrons. The standard InChI is InChI=1S/C13H22O6/c1-5-18-8(3)12(9(4)19-6-2)10(13(16)17)7-11(14)15/h8-9H,5-7H2,1-4H3,(H,14,15)(H,16,17). The number of aliphatic carboxylic acids is 2. The summed E-state index contributed by atoms with van der Waals surface area (Å²) in [4.78, 5) is 22.1. The van der Waals surface area contributed by atoms with Gasteiger partial charge in [-0.2, -0.15) is 0 Å². The van der Waals surface area contributed by atoms with E-state index >= 15 is 0 Å². The smallest absolute Gasteiger partial charge is 0.332 e. The summed E-state index contributed by atoms with van der Waals surface area (Å²) in [6.07, 6.45) is -1.56. The number of hydrogen-bond donors (Lipinski definition) is 2. The molecule has 6 heteroatoms. The molecular weight excluding hydrogens is 252 g/mol. The topological polar surface area (TPSA) is 93.1 Å². The second-order valence-corrected chi connectivity index (χ2v) is 4.00. The molecule has 0 heterocycles. The maximum Gasteiger partial charge on any atom is 0.332 e. The Morgan fingerprint density at radius 3 is 1.68 bits per heavy atom. The van der Waals surface area contributed by atoms with E-state index < -0.39 is 30.6 Å². The Hall–Kier alpha value is -1.40. The molecule has 6 nitrogen and oxygen atoms in total. The highest BCUT2D eigenvalue weighted by Crippen LogP contribution is 2.22. The molecular formula is C13H22O6. The molecule has 0 aromatic rings. The van der Waals surface area contributed by atoms with Crippen molar-refractivity contribution in [2.24, 2.45) is 0 Å². The zero-order valence-electron chi connectivity index (χ0n) is 11.8. The van der Waals surface area contributed by atoms with Gasteiger partial charge in [0.05, 0.1) is 24.2 Å². The van der Waals surface area contributed by atoms with Crippen LogP contribution in [0.25, 0.3) is 0 Å². The van der Waals surface area contributed by atoms with Gasteiger partial charge in [0.2, 0.25) is 0 Å². The predicted molar refractivity (Wildman–Crippen MR) is 69.1 cm³/mol. The van der Waals surface area contributed by atoms with Crippen LogP contribution in [0.2, 0.25) is 0 Å². The van der Waals surface area contributed by atoms with E-state index in [4.69, 9.17) is 14.6 Å². The Balaban J connectivity index is 5.55. The van der Waals surface area contributed by atoms with E-state index in [-0.39, 0.29) is 5.57 Å². The van der Waals surface area contributed by atoms with Crippen molar-refractivity contribution in [3.8, 4) is 0 Å². The summed E-state index contributed by atoms with van der Waals surface area (Å²) in [5.41, 5.74) is 0.202. The predicted octanol–water partition coefficient (Wildman–Crippen LogP) is 1.69. The van der Waals surface area contributed by atoms with E-state index in [1.165, 1.54) is 0 Å². The minimum Gasteiger partial charge on any atom is -0.481 e. The maximum absolute atomic E-state index is 11.3. The monoisotopic (exact) mass is 274 g/mol. The van der Waals surface area contributed by atoms with Gasteiger partial charge in [-0.15, -0.1) is 0 Å². The molecule has 0 rings (SSSR count). The third-order valence-electron chi connectivity index (χ3n) is 2.64. The first-order valence-corrected chi connectivity index (χ1v) is 6.26. The maximum atomic E-state index is 11.3. The summed E-state index contributed by atoms with van der Waals surface area (Å²) in [5, 5.41) is 18.0. The molecule has 0 fully saturated rings. The van der Waals surface area contributed by atoms with Crippen molar-refractivity contribution >= 4 is 11.9 Å². The second kappa shape index (κ2) is 8.66. The quantitative estimate of drug-likeness (QED) is 0.621. The molecule has 2 unspecified atom stereocenters. The molecule has 0 amide bonds. The number of carboxylic acids is 2. The Bertz CT molecular complexity index is 333. The van der Waals surface area contributed by atoms with E-state index in [1.54, 1.807) is 27.7 Å². The van der Waals surface area contributed by atoms with Gasteiger partial charge in [-0.05, 0) is 33.3 Å². The van der Waals surface area contributed by atoms with Gasteiger partial charge in [-0.3, -0.25) is 4.79 Å². The zero-order valence-corrected chi connectivity index (χ0v) is 11.8. The fraction of sp³-hybridized carbons (Fsp3) is 0.692. The van der Waals surface area contributed by atoms with Crippen LogP contribution >= 0.6 is 0 Å². The Morgan fingerprint density at radius 1 is 1.00 bits per heavy atom. The lowest BCUT2D eigenvalue weighted by Gasteiger charge is -2.24. The van der Waals surface area contributed by atoms with E-state index in [1.807, 2.05) is 0 Å². The van der Waals surface area contributed by atoms with E-state index in [2.05, 4.69) is 0 Å². The molecule has 2 N–H and O–H groups in total. The average molecular weight is 274 g/mol. The lowest BCUT2D eigenvalue weighted by Crippen LogP contribution is -2.27. The molecule has 0 bridgehead atoms. The van der Waals surface area contributed by atoms with Crippen molar-refractivity contribution in [3.63, 3.8) is 0 Å². The van der Waals surface area contributed by atoms with Crippen LogP contribution < -0.4 is 0 Å². The highest BCUT2D eigenvalue weighted by Gasteiger charge is 2.26. The summed E-state index contributed by atoms with van der Waals surface area (Å²) in [6, 6.07) is 0. The molecule has 2 atom stereocenters. The fourth-order valence-corrected chi connectivity index (χ4v) is 1.95. The number of hydrogen-bond acceptors (Lipinski definition) is 4. The molecule has 0 aromatic carbocycles. The lowest BCUT2D eigenvalue weighted by atomic mass is 9.96. The summed E-state index contributed by atoms with van der Waals surface area (Å²) in [7, 11) is 0. The van der Waals surface area contributed by atoms with E-state index in [0.717, 1.165) is 0 Å². The van der Waals surface area contributed by atoms with Crippen LogP contribution in [0.15, 0.2) is 11.1 Å². The Kier molecular flexibility index (Phi) is 8.02. The van der Waals surface area contributed by atoms with Crippen LogP contribution in [0.5, 0.6) is 0 Å². The van der Waals surface area contributed by atoms with Gasteiger partial charge in [-0.25, -0.2) is 4.79 Å². The third kappa shape index (κ3) is 5.85. The molecule has 0 saturated heterocycles. The summed E-state index contributed by atoms with van der Waals surface area (Å²) >= 11 is 0. The normalized spacial score (nSPS) is 13.7. The summed E-state index contributed by atoms with van der Waals surface area (Å²) in [6.45, 7) is 7.78.